The average molecular weight is 403 g/mol. The molecule has 4 nitrogen and oxygen atoms in total. The molecular formula is C25H38O4. The third kappa shape index (κ3) is 7.09. The Morgan fingerprint density at radius 3 is 2.48 bits per heavy atom. The summed E-state index contributed by atoms with van der Waals surface area (Å²) in [5.74, 6) is -0.637. The number of carboxylic acids is 1. The molecule has 0 unspecified atom stereocenters. The second-order valence-corrected chi connectivity index (χ2v) is 9.31. The van der Waals surface area contributed by atoms with Crippen LogP contribution in [0.25, 0.3) is 0 Å². The summed E-state index contributed by atoms with van der Waals surface area (Å²) in [6, 6.07) is 3.02. The van der Waals surface area contributed by atoms with E-state index in [0.29, 0.717) is 24.0 Å². The third-order valence-electron chi connectivity index (χ3n) is 6.03. The maximum atomic E-state index is 12.0. The molecule has 0 atom stereocenters. The number of aromatic hydroxyl groups is 1. The number of carboxylic acid groups (broad SMARTS) is 1. The highest BCUT2D eigenvalue weighted by Gasteiger charge is 2.26. The summed E-state index contributed by atoms with van der Waals surface area (Å²) in [7, 11) is 0. The van der Waals surface area contributed by atoms with E-state index in [1.165, 1.54) is 42.9 Å². The first kappa shape index (κ1) is 23.3. The van der Waals surface area contributed by atoms with Gasteiger partial charge in [-0.05, 0) is 61.6 Å². The van der Waals surface area contributed by atoms with Crippen molar-refractivity contribution in [3.8, 4) is 11.5 Å². The lowest BCUT2D eigenvalue weighted by Crippen LogP contribution is -2.20. The van der Waals surface area contributed by atoms with Crippen molar-refractivity contribution in [2.45, 2.75) is 91.9 Å². The van der Waals surface area contributed by atoms with Crippen LogP contribution >= 0.6 is 0 Å². The van der Waals surface area contributed by atoms with Crippen molar-refractivity contribution >= 4 is 5.97 Å². The van der Waals surface area contributed by atoms with Crippen LogP contribution in [0.2, 0.25) is 0 Å². The van der Waals surface area contributed by atoms with Crippen LogP contribution in [-0.4, -0.2) is 22.8 Å². The van der Waals surface area contributed by atoms with Crippen molar-refractivity contribution in [2.24, 2.45) is 5.41 Å². The number of rotatable bonds is 11. The van der Waals surface area contributed by atoms with Crippen LogP contribution in [0, 0.1) is 5.41 Å². The predicted octanol–water partition coefficient (Wildman–Crippen LogP) is 6.90. The van der Waals surface area contributed by atoms with Gasteiger partial charge in [0.25, 0.3) is 0 Å². The summed E-state index contributed by atoms with van der Waals surface area (Å²) < 4.78 is 5.96. The van der Waals surface area contributed by atoms with Gasteiger partial charge in [-0.2, -0.15) is 0 Å². The van der Waals surface area contributed by atoms with E-state index in [0.717, 1.165) is 32.1 Å². The molecule has 0 fully saturated rings. The van der Waals surface area contributed by atoms with E-state index in [1.807, 2.05) is 0 Å². The molecule has 0 saturated carbocycles. The summed E-state index contributed by atoms with van der Waals surface area (Å²) in [6.07, 6.45) is 10.6. The number of unbranched alkanes of at least 4 members (excludes halogenated alkanes) is 5. The van der Waals surface area contributed by atoms with Gasteiger partial charge >= 0.3 is 5.97 Å². The van der Waals surface area contributed by atoms with Gasteiger partial charge in [0, 0.05) is 6.07 Å². The normalized spacial score (nSPS) is 16.1. The highest BCUT2D eigenvalue weighted by atomic mass is 16.5. The van der Waals surface area contributed by atoms with Crippen molar-refractivity contribution in [1.82, 2.24) is 0 Å². The predicted molar refractivity (Wildman–Crippen MR) is 118 cm³/mol. The van der Waals surface area contributed by atoms with Crippen molar-refractivity contribution in [2.75, 3.05) is 6.61 Å². The van der Waals surface area contributed by atoms with Crippen molar-refractivity contribution in [3.05, 3.63) is 34.4 Å². The van der Waals surface area contributed by atoms with Gasteiger partial charge in [0.05, 0.1) is 0 Å². The second-order valence-electron chi connectivity index (χ2n) is 9.31. The number of aryl methyl sites for hydroxylation is 1. The number of aromatic carboxylic acids is 1. The van der Waals surface area contributed by atoms with Crippen LogP contribution in [-0.2, 0) is 6.42 Å². The van der Waals surface area contributed by atoms with Crippen molar-refractivity contribution < 1.29 is 19.7 Å². The molecule has 2 N–H and O–H groups in total. The minimum absolute atomic E-state index is 0.0708. The molecule has 4 heteroatoms. The molecule has 0 aromatic heterocycles. The molecule has 1 aromatic rings. The molecule has 1 aliphatic rings. The lowest BCUT2D eigenvalue weighted by molar-refractivity contribution is 0.0691. The molecule has 0 aliphatic heterocycles. The Labute approximate surface area is 176 Å². The molecule has 0 heterocycles. The molecule has 1 aliphatic carbocycles. The number of carbonyl (C=O) groups is 1. The van der Waals surface area contributed by atoms with Gasteiger partial charge in [-0.15, -0.1) is 0 Å². The number of ether oxygens (including phenoxy) is 1. The molecular weight excluding hydrogens is 364 g/mol. The average Bonchev–Trinajstić information content (AvgIpc) is 2.62. The largest absolute Gasteiger partial charge is 0.508 e. The second kappa shape index (κ2) is 10.7. The first-order valence-corrected chi connectivity index (χ1v) is 11.1. The molecule has 0 spiro atoms. The Balaban J connectivity index is 2.09. The standard InChI is InChI=1S/C25H38O4/c1-5-6-7-8-9-10-11-19-14-21(26)15-22(23(19)24(27)28)29-17-20-12-13-25(3,4)16-18(20)2/h14-15,26H,5-13,16-17H2,1-4H3,(H,27,28). The Bertz CT molecular complexity index is 731. The molecule has 29 heavy (non-hydrogen) atoms. The zero-order valence-corrected chi connectivity index (χ0v) is 18.6. The maximum absolute atomic E-state index is 12.0. The SMILES string of the molecule is CCCCCCCCc1cc(O)cc(OCC2=C(C)CC(C)(C)CC2)c1C(=O)O. The van der Waals surface area contributed by atoms with Crippen molar-refractivity contribution in [3.63, 3.8) is 0 Å². The minimum Gasteiger partial charge on any atom is -0.508 e. The molecule has 162 valence electrons. The number of hydrogen-bond donors (Lipinski definition) is 2. The van der Waals surface area contributed by atoms with Crippen molar-refractivity contribution in [1.29, 1.82) is 0 Å². The van der Waals surface area contributed by atoms with E-state index in [1.54, 1.807) is 6.07 Å². The molecule has 0 amide bonds. The fraction of sp³-hybridized carbons (Fsp3) is 0.640. The van der Waals surface area contributed by atoms with Crippen LogP contribution in [0.4, 0.5) is 0 Å². The van der Waals surface area contributed by atoms with Gasteiger partial charge in [-0.25, -0.2) is 4.79 Å². The first-order chi connectivity index (χ1) is 13.7. The molecule has 0 saturated heterocycles. The Morgan fingerprint density at radius 2 is 1.83 bits per heavy atom. The lowest BCUT2D eigenvalue weighted by Gasteiger charge is -2.32. The first-order valence-electron chi connectivity index (χ1n) is 11.1. The van der Waals surface area contributed by atoms with Crippen LogP contribution in [0.5, 0.6) is 11.5 Å². The summed E-state index contributed by atoms with van der Waals surface area (Å²) >= 11 is 0. The number of hydrogen-bond acceptors (Lipinski definition) is 3. The molecule has 2 rings (SSSR count). The number of benzene rings is 1. The van der Waals surface area contributed by atoms with Gasteiger partial charge in [0.15, 0.2) is 0 Å². The zero-order valence-electron chi connectivity index (χ0n) is 18.6. The summed E-state index contributed by atoms with van der Waals surface area (Å²) in [6.45, 7) is 9.28. The van der Waals surface area contributed by atoms with E-state index in [9.17, 15) is 15.0 Å². The van der Waals surface area contributed by atoms with Gasteiger partial charge in [0.2, 0.25) is 0 Å². The number of phenols is 1. The highest BCUT2D eigenvalue weighted by Crippen LogP contribution is 2.39. The van der Waals surface area contributed by atoms with Crippen LogP contribution < -0.4 is 4.74 Å². The van der Waals surface area contributed by atoms with Gasteiger partial charge in [-0.1, -0.05) is 58.4 Å². The van der Waals surface area contributed by atoms with Crippen LogP contribution in [0.3, 0.4) is 0 Å². The quantitative estimate of drug-likeness (QED) is 0.312. The van der Waals surface area contributed by atoms with Gasteiger partial charge in [-0.3, -0.25) is 0 Å². The van der Waals surface area contributed by atoms with E-state index < -0.39 is 5.97 Å². The van der Waals surface area contributed by atoms with Crippen LogP contribution in [0.1, 0.15) is 101 Å². The van der Waals surface area contributed by atoms with Gasteiger partial charge < -0.3 is 14.9 Å². The maximum Gasteiger partial charge on any atom is 0.339 e. The summed E-state index contributed by atoms with van der Waals surface area (Å²) in [4.78, 5) is 12.0. The zero-order chi connectivity index (χ0) is 21.4. The molecule has 0 bridgehead atoms. The fourth-order valence-corrected chi connectivity index (χ4v) is 4.30. The van der Waals surface area contributed by atoms with E-state index >= 15 is 0 Å². The Hall–Kier alpha value is -1.97. The smallest absolute Gasteiger partial charge is 0.339 e. The topological polar surface area (TPSA) is 66.8 Å². The summed E-state index contributed by atoms with van der Waals surface area (Å²) in [5.41, 5.74) is 3.77. The lowest BCUT2D eigenvalue weighted by atomic mass is 9.75. The monoisotopic (exact) mass is 402 g/mol. The molecule has 1 aromatic carbocycles. The fourth-order valence-electron chi connectivity index (χ4n) is 4.30. The van der Waals surface area contributed by atoms with E-state index in [4.69, 9.17) is 4.74 Å². The highest BCUT2D eigenvalue weighted by molar-refractivity contribution is 5.93. The number of phenolic OH excluding ortho intramolecular Hbond substituents is 1. The molecule has 0 radical (unpaired) electrons. The van der Waals surface area contributed by atoms with E-state index in [2.05, 4.69) is 27.7 Å². The Kier molecular flexibility index (Phi) is 8.60. The summed E-state index contributed by atoms with van der Waals surface area (Å²) in [5, 5.41) is 19.9. The van der Waals surface area contributed by atoms with E-state index in [-0.39, 0.29) is 17.1 Å². The number of allylic oxidation sites excluding steroid dienone is 1. The van der Waals surface area contributed by atoms with Gasteiger partial charge in [0.1, 0.15) is 23.7 Å². The van der Waals surface area contributed by atoms with Crippen LogP contribution in [0.15, 0.2) is 23.3 Å². The Morgan fingerprint density at radius 1 is 1.14 bits per heavy atom. The third-order valence-corrected chi connectivity index (χ3v) is 6.03. The minimum atomic E-state index is -0.989.